The predicted octanol–water partition coefficient (Wildman–Crippen LogP) is 3.25. The summed E-state index contributed by atoms with van der Waals surface area (Å²) in [6.07, 6.45) is 8.05. The fraction of sp³-hybridized carbons (Fsp3) is 0.316. The summed E-state index contributed by atoms with van der Waals surface area (Å²) in [7, 11) is 0. The van der Waals surface area contributed by atoms with Gasteiger partial charge in [-0.15, -0.1) is 0 Å². The van der Waals surface area contributed by atoms with Crippen LogP contribution in [-0.4, -0.2) is 17.7 Å². The third-order valence-electron chi connectivity index (χ3n) is 4.18. The molecule has 114 valence electrons. The summed E-state index contributed by atoms with van der Waals surface area (Å²) < 4.78 is 1.88. The van der Waals surface area contributed by atoms with Crippen molar-refractivity contribution < 1.29 is 0 Å². The quantitative estimate of drug-likeness (QED) is 0.943. The topological polar surface area (TPSA) is 34.0 Å². The second-order valence-corrected chi connectivity index (χ2v) is 5.93. The predicted molar refractivity (Wildman–Crippen MR) is 91.9 cm³/mol. The molecule has 1 N–H and O–H groups in total. The Bertz CT molecular complexity index is 724. The molecule has 2 aromatic rings. The van der Waals surface area contributed by atoms with E-state index in [4.69, 9.17) is 0 Å². The van der Waals surface area contributed by atoms with Crippen LogP contribution in [0.5, 0.6) is 0 Å². The standard InChI is InChI=1S/C19H22N2O/c1-15-3-2-4-16(13-15)5-6-17-9-12-21(19(22)14-17)18-7-10-20-11-8-18/h2-6,9,12-14,18,20H,7-8,10-11H2,1H3/b6-5+. The molecule has 0 atom stereocenters. The molecule has 1 aromatic heterocycles. The van der Waals surface area contributed by atoms with Crippen molar-refractivity contribution in [1.82, 2.24) is 9.88 Å². The minimum absolute atomic E-state index is 0.0956. The van der Waals surface area contributed by atoms with E-state index in [1.54, 1.807) is 6.07 Å². The van der Waals surface area contributed by atoms with Gasteiger partial charge in [0.05, 0.1) is 0 Å². The Balaban J connectivity index is 1.78. The summed E-state index contributed by atoms with van der Waals surface area (Å²) in [5, 5.41) is 3.33. The Kier molecular flexibility index (Phi) is 4.54. The largest absolute Gasteiger partial charge is 0.317 e. The molecule has 0 unspecified atom stereocenters. The van der Waals surface area contributed by atoms with Gasteiger partial charge in [0.25, 0.3) is 5.56 Å². The lowest BCUT2D eigenvalue weighted by Crippen LogP contribution is -2.33. The van der Waals surface area contributed by atoms with E-state index in [0.29, 0.717) is 6.04 Å². The van der Waals surface area contributed by atoms with Crippen LogP contribution in [0.1, 0.15) is 35.6 Å². The molecule has 0 spiro atoms. The maximum atomic E-state index is 12.3. The SMILES string of the molecule is Cc1cccc(/C=C/c2ccn(C3CCNCC3)c(=O)c2)c1. The fourth-order valence-electron chi connectivity index (χ4n) is 2.96. The van der Waals surface area contributed by atoms with Crippen molar-refractivity contribution in [2.75, 3.05) is 13.1 Å². The highest BCUT2D eigenvalue weighted by Gasteiger charge is 2.15. The maximum absolute atomic E-state index is 12.3. The second-order valence-electron chi connectivity index (χ2n) is 5.93. The number of aromatic nitrogens is 1. The molecule has 1 aliphatic rings. The van der Waals surface area contributed by atoms with Gasteiger partial charge < -0.3 is 9.88 Å². The number of aryl methyl sites for hydroxylation is 1. The van der Waals surface area contributed by atoms with Gasteiger partial charge in [0.15, 0.2) is 0 Å². The summed E-state index contributed by atoms with van der Waals surface area (Å²) in [6.45, 7) is 4.07. The Morgan fingerprint density at radius 3 is 2.50 bits per heavy atom. The Hall–Kier alpha value is -2.13. The fourth-order valence-corrected chi connectivity index (χ4v) is 2.96. The van der Waals surface area contributed by atoms with E-state index in [-0.39, 0.29) is 5.56 Å². The Morgan fingerprint density at radius 2 is 1.82 bits per heavy atom. The van der Waals surface area contributed by atoms with Crippen molar-refractivity contribution in [3.63, 3.8) is 0 Å². The van der Waals surface area contributed by atoms with Crippen LogP contribution in [0.4, 0.5) is 0 Å². The van der Waals surface area contributed by atoms with Crippen molar-refractivity contribution in [3.8, 4) is 0 Å². The summed E-state index contributed by atoms with van der Waals surface area (Å²) in [4.78, 5) is 12.3. The number of piperidine rings is 1. The van der Waals surface area contributed by atoms with Gasteiger partial charge >= 0.3 is 0 Å². The van der Waals surface area contributed by atoms with E-state index in [2.05, 4.69) is 36.5 Å². The molecule has 0 aliphatic carbocycles. The molecule has 0 radical (unpaired) electrons. The number of benzene rings is 1. The molecule has 3 rings (SSSR count). The molecule has 2 heterocycles. The zero-order valence-electron chi connectivity index (χ0n) is 13.0. The highest BCUT2D eigenvalue weighted by Crippen LogP contribution is 2.16. The molecule has 1 aliphatic heterocycles. The van der Waals surface area contributed by atoms with Crippen LogP contribution in [0.15, 0.2) is 47.4 Å². The van der Waals surface area contributed by atoms with Crippen LogP contribution in [0.25, 0.3) is 12.2 Å². The van der Waals surface area contributed by atoms with Crippen LogP contribution >= 0.6 is 0 Å². The smallest absolute Gasteiger partial charge is 0.251 e. The first-order valence-corrected chi connectivity index (χ1v) is 7.90. The summed E-state index contributed by atoms with van der Waals surface area (Å²) in [5.74, 6) is 0. The maximum Gasteiger partial charge on any atom is 0.251 e. The number of nitrogens with zero attached hydrogens (tertiary/aromatic N) is 1. The first-order chi connectivity index (χ1) is 10.7. The number of hydrogen-bond acceptors (Lipinski definition) is 2. The van der Waals surface area contributed by atoms with Crippen LogP contribution in [0.2, 0.25) is 0 Å². The van der Waals surface area contributed by atoms with Crippen molar-refractivity contribution in [1.29, 1.82) is 0 Å². The second kappa shape index (κ2) is 6.75. The number of nitrogens with one attached hydrogen (secondary N) is 1. The molecule has 0 saturated carbocycles. The Morgan fingerprint density at radius 1 is 1.09 bits per heavy atom. The lowest BCUT2D eigenvalue weighted by Gasteiger charge is -2.24. The van der Waals surface area contributed by atoms with Gasteiger partial charge in [-0.2, -0.15) is 0 Å². The van der Waals surface area contributed by atoms with Gasteiger partial charge in [-0.3, -0.25) is 4.79 Å². The highest BCUT2D eigenvalue weighted by molar-refractivity contribution is 5.69. The first kappa shape index (κ1) is 14.8. The monoisotopic (exact) mass is 294 g/mol. The molecule has 3 nitrogen and oxygen atoms in total. The van der Waals surface area contributed by atoms with Crippen LogP contribution in [-0.2, 0) is 0 Å². The lowest BCUT2D eigenvalue weighted by molar-refractivity contribution is 0.361. The normalized spacial score (nSPS) is 16.2. The minimum atomic E-state index is 0.0956. The third-order valence-corrected chi connectivity index (χ3v) is 4.18. The van der Waals surface area contributed by atoms with E-state index in [0.717, 1.165) is 37.1 Å². The van der Waals surface area contributed by atoms with E-state index in [1.807, 2.05) is 29.0 Å². The van der Waals surface area contributed by atoms with Crippen molar-refractivity contribution in [2.45, 2.75) is 25.8 Å². The first-order valence-electron chi connectivity index (χ1n) is 7.90. The van der Waals surface area contributed by atoms with Crippen LogP contribution < -0.4 is 10.9 Å². The third kappa shape index (κ3) is 3.55. The highest BCUT2D eigenvalue weighted by atomic mass is 16.1. The van der Waals surface area contributed by atoms with Gasteiger partial charge in [0, 0.05) is 18.3 Å². The molecular formula is C19H22N2O. The number of rotatable bonds is 3. The minimum Gasteiger partial charge on any atom is -0.317 e. The average molecular weight is 294 g/mol. The molecule has 22 heavy (non-hydrogen) atoms. The molecule has 0 bridgehead atoms. The number of hydrogen-bond donors (Lipinski definition) is 1. The van der Waals surface area contributed by atoms with E-state index < -0.39 is 0 Å². The lowest BCUT2D eigenvalue weighted by atomic mass is 10.1. The summed E-state index contributed by atoms with van der Waals surface area (Å²) in [6, 6.07) is 12.4. The molecular weight excluding hydrogens is 272 g/mol. The molecule has 1 saturated heterocycles. The summed E-state index contributed by atoms with van der Waals surface area (Å²) >= 11 is 0. The molecule has 3 heteroatoms. The van der Waals surface area contributed by atoms with Crippen molar-refractivity contribution >= 4 is 12.2 Å². The number of pyridine rings is 1. The van der Waals surface area contributed by atoms with E-state index in [9.17, 15) is 4.79 Å². The summed E-state index contributed by atoms with van der Waals surface area (Å²) in [5.41, 5.74) is 3.45. The molecule has 0 amide bonds. The van der Waals surface area contributed by atoms with Crippen molar-refractivity contribution in [2.24, 2.45) is 0 Å². The van der Waals surface area contributed by atoms with Gasteiger partial charge in [0.2, 0.25) is 0 Å². The van der Waals surface area contributed by atoms with Crippen molar-refractivity contribution in [3.05, 3.63) is 69.6 Å². The van der Waals surface area contributed by atoms with Gasteiger partial charge in [0.1, 0.15) is 0 Å². The zero-order chi connectivity index (χ0) is 15.4. The molecule has 1 fully saturated rings. The van der Waals surface area contributed by atoms with E-state index in [1.165, 1.54) is 5.56 Å². The Labute approximate surface area is 131 Å². The van der Waals surface area contributed by atoms with Gasteiger partial charge in [-0.05, 0) is 50.0 Å². The van der Waals surface area contributed by atoms with Gasteiger partial charge in [-0.1, -0.05) is 42.0 Å². The van der Waals surface area contributed by atoms with Gasteiger partial charge in [-0.25, -0.2) is 0 Å². The zero-order valence-corrected chi connectivity index (χ0v) is 13.0. The molecule has 1 aromatic carbocycles. The van der Waals surface area contributed by atoms with Crippen LogP contribution in [0.3, 0.4) is 0 Å². The van der Waals surface area contributed by atoms with Crippen LogP contribution in [0, 0.1) is 6.92 Å². The van der Waals surface area contributed by atoms with E-state index >= 15 is 0 Å². The average Bonchev–Trinajstić information content (AvgIpc) is 2.54.